The van der Waals surface area contributed by atoms with Gasteiger partial charge in [0, 0.05) is 32.8 Å². The first kappa shape index (κ1) is 12.9. The summed E-state index contributed by atoms with van der Waals surface area (Å²) in [6.45, 7) is 3.89. The Bertz CT molecular complexity index is 173. The van der Waals surface area contributed by atoms with Gasteiger partial charge in [-0.2, -0.15) is 0 Å². The largest absolute Gasteiger partial charge is 0.379 e. The Labute approximate surface area is 93.4 Å². The summed E-state index contributed by atoms with van der Waals surface area (Å²) in [7, 11) is 6.09. The first-order valence-electron chi connectivity index (χ1n) is 5.79. The van der Waals surface area contributed by atoms with Crippen LogP contribution in [0.4, 0.5) is 0 Å². The van der Waals surface area contributed by atoms with Crippen molar-refractivity contribution in [3.63, 3.8) is 0 Å². The second kappa shape index (κ2) is 6.43. The van der Waals surface area contributed by atoms with E-state index in [2.05, 4.69) is 23.9 Å². The summed E-state index contributed by atoms with van der Waals surface area (Å²) in [5.74, 6) is 0. The molecule has 1 fully saturated rings. The standard InChI is InChI=1S/C11H25N3O/c1-13(9-11(7-12)15-3)8-10-5-4-6-14(10)2/h10-11H,4-9,12H2,1-3H3. The van der Waals surface area contributed by atoms with Crippen LogP contribution >= 0.6 is 0 Å². The van der Waals surface area contributed by atoms with Crippen LogP contribution in [-0.4, -0.2) is 69.3 Å². The number of ether oxygens (including phenoxy) is 1. The van der Waals surface area contributed by atoms with Crippen LogP contribution in [0.3, 0.4) is 0 Å². The number of likely N-dealkylation sites (N-methyl/N-ethyl adjacent to an activating group) is 2. The average molecular weight is 215 g/mol. The molecule has 0 spiro atoms. The Balaban J connectivity index is 2.25. The molecule has 0 aromatic rings. The van der Waals surface area contributed by atoms with E-state index in [4.69, 9.17) is 10.5 Å². The SMILES string of the molecule is COC(CN)CN(C)CC1CCCN1C. The van der Waals surface area contributed by atoms with Gasteiger partial charge >= 0.3 is 0 Å². The number of hydrogen-bond donors (Lipinski definition) is 1. The molecule has 0 aromatic heterocycles. The van der Waals surface area contributed by atoms with E-state index in [-0.39, 0.29) is 6.10 Å². The first-order valence-corrected chi connectivity index (χ1v) is 5.79. The van der Waals surface area contributed by atoms with Gasteiger partial charge in [-0.1, -0.05) is 0 Å². The fourth-order valence-corrected chi connectivity index (χ4v) is 2.24. The zero-order valence-electron chi connectivity index (χ0n) is 10.3. The lowest BCUT2D eigenvalue weighted by atomic mass is 10.2. The van der Waals surface area contributed by atoms with Gasteiger partial charge in [0.2, 0.25) is 0 Å². The number of rotatable bonds is 6. The van der Waals surface area contributed by atoms with E-state index < -0.39 is 0 Å². The summed E-state index contributed by atoms with van der Waals surface area (Å²) >= 11 is 0. The van der Waals surface area contributed by atoms with E-state index in [9.17, 15) is 0 Å². The zero-order valence-corrected chi connectivity index (χ0v) is 10.3. The molecular formula is C11H25N3O. The van der Waals surface area contributed by atoms with Gasteiger partial charge in [0.05, 0.1) is 6.10 Å². The molecule has 0 radical (unpaired) electrons. The van der Waals surface area contributed by atoms with E-state index in [1.54, 1.807) is 7.11 Å². The van der Waals surface area contributed by atoms with Crippen LogP contribution in [0.15, 0.2) is 0 Å². The average Bonchev–Trinajstić information content (AvgIpc) is 2.61. The highest BCUT2D eigenvalue weighted by Crippen LogP contribution is 2.15. The van der Waals surface area contributed by atoms with Gasteiger partial charge in [-0.25, -0.2) is 0 Å². The van der Waals surface area contributed by atoms with Gasteiger partial charge in [0.1, 0.15) is 0 Å². The third-order valence-electron chi connectivity index (χ3n) is 3.31. The number of nitrogens with two attached hydrogens (primary N) is 1. The molecule has 1 aliphatic rings. The molecule has 0 saturated carbocycles. The summed E-state index contributed by atoms with van der Waals surface area (Å²) in [5, 5.41) is 0. The minimum absolute atomic E-state index is 0.168. The van der Waals surface area contributed by atoms with Crippen molar-refractivity contribution in [3.05, 3.63) is 0 Å². The maximum Gasteiger partial charge on any atom is 0.0820 e. The molecule has 0 aliphatic carbocycles. The molecule has 2 atom stereocenters. The lowest BCUT2D eigenvalue weighted by Gasteiger charge is -2.27. The van der Waals surface area contributed by atoms with Crippen LogP contribution in [0.2, 0.25) is 0 Å². The van der Waals surface area contributed by atoms with Crippen LogP contribution in [0.25, 0.3) is 0 Å². The van der Waals surface area contributed by atoms with E-state index in [0.29, 0.717) is 12.6 Å². The molecule has 2 unspecified atom stereocenters. The lowest BCUT2D eigenvalue weighted by molar-refractivity contribution is 0.0713. The van der Waals surface area contributed by atoms with Crippen molar-refractivity contribution in [2.45, 2.75) is 25.0 Å². The summed E-state index contributed by atoms with van der Waals surface area (Å²) < 4.78 is 5.28. The van der Waals surface area contributed by atoms with Gasteiger partial charge in [0.25, 0.3) is 0 Å². The minimum Gasteiger partial charge on any atom is -0.379 e. The van der Waals surface area contributed by atoms with Crippen LogP contribution in [-0.2, 0) is 4.74 Å². The van der Waals surface area contributed by atoms with Gasteiger partial charge in [-0.15, -0.1) is 0 Å². The number of nitrogens with zero attached hydrogens (tertiary/aromatic N) is 2. The van der Waals surface area contributed by atoms with Crippen molar-refractivity contribution in [2.24, 2.45) is 5.73 Å². The highest BCUT2D eigenvalue weighted by atomic mass is 16.5. The Hall–Kier alpha value is -0.160. The fraction of sp³-hybridized carbons (Fsp3) is 1.00. The van der Waals surface area contributed by atoms with Crippen molar-refractivity contribution in [3.8, 4) is 0 Å². The molecule has 1 rings (SSSR count). The Morgan fingerprint density at radius 1 is 1.60 bits per heavy atom. The highest BCUT2D eigenvalue weighted by Gasteiger charge is 2.22. The maximum absolute atomic E-state index is 5.60. The molecule has 1 saturated heterocycles. The monoisotopic (exact) mass is 215 g/mol. The van der Waals surface area contributed by atoms with E-state index >= 15 is 0 Å². The molecule has 2 N–H and O–H groups in total. The van der Waals surface area contributed by atoms with Gasteiger partial charge in [-0.05, 0) is 33.5 Å². The van der Waals surface area contributed by atoms with Crippen LogP contribution in [0.1, 0.15) is 12.8 Å². The number of likely N-dealkylation sites (tertiary alicyclic amines) is 1. The Morgan fingerprint density at radius 2 is 2.33 bits per heavy atom. The van der Waals surface area contributed by atoms with Crippen molar-refractivity contribution in [2.75, 3.05) is 47.4 Å². The van der Waals surface area contributed by atoms with E-state index in [1.165, 1.54) is 19.4 Å². The lowest BCUT2D eigenvalue weighted by Crippen LogP contribution is -2.42. The van der Waals surface area contributed by atoms with E-state index in [0.717, 1.165) is 13.1 Å². The molecule has 15 heavy (non-hydrogen) atoms. The van der Waals surface area contributed by atoms with Crippen molar-refractivity contribution >= 4 is 0 Å². The van der Waals surface area contributed by atoms with Gasteiger partial charge in [-0.3, -0.25) is 0 Å². The molecule has 90 valence electrons. The summed E-state index contributed by atoms with van der Waals surface area (Å²) in [5.41, 5.74) is 5.60. The van der Waals surface area contributed by atoms with Crippen LogP contribution in [0, 0.1) is 0 Å². The quantitative estimate of drug-likeness (QED) is 0.676. The predicted octanol–water partition coefficient (Wildman–Crippen LogP) is -0.0139. The van der Waals surface area contributed by atoms with Crippen molar-refractivity contribution in [1.29, 1.82) is 0 Å². The maximum atomic E-state index is 5.60. The zero-order chi connectivity index (χ0) is 11.3. The second-order valence-corrected chi connectivity index (χ2v) is 4.59. The third-order valence-corrected chi connectivity index (χ3v) is 3.31. The molecular weight excluding hydrogens is 190 g/mol. The first-order chi connectivity index (χ1) is 7.17. The number of methoxy groups -OCH3 is 1. The van der Waals surface area contributed by atoms with Crippen LogP contribution < -0.4 is 5.73 Å². The minimum atomic E-state index is 0.168. The topological polar surface area (TPSA) is 41.7 Å². The molecule has 0 aromatic carbocycles. The smallest absolute Gasteiger partial charge is 0.0820 e. The fourth-order valence-electron chi connectivity index (χ4n) is 2.24. The molecule has 1 heterocycles. The van der Waals surface area contributed by atoms with Crippen LogP contribution in [0.5, 0.6) is 0 Å². The third kappa shape index (κ3) is 4.07. The molecule has 0 amide bonds. The van der Waals surface area contributed by atoms with E-state index in [1.807, 2.05) is 0 Å². The summed E-state index contributed by atoms with van der Waals surface area (Å²) in [6, 6.07) is 0.713. The Morgan fingerprint density at radius 3 is 2.80 bits per heavy atom. The summed E-state index contributed by atoms with van der Waals surface area (Å²) in [4.78, 5) is 4.77. The van der Waals surface area contributed by atoms with Gasteiger partial charge < -0.3 is 20.3 Å². The Kier molecular flexibility index (Phi) is 5.53. The number of hydrogen-bond acceptors (Lipinski definition) is 4. The molecule has 1 aliphatic heterocycles. The van der Waals surface area contributed by atoms with Crippen molar-refractivity contribution in [1.82, 2.24) is 9.80 Å². The molecule has 4 heteroatoms. The molecule has 4 nitrogen and oxygen atoms in total. The predicted molar refractivity (Wildman–Crippen MR) is 63.0 cm³/mol. The van der Waals surface area contributed by atoms with Crippen molar-refractivity contribution < 1.29 is 4.74 Å². The normalized spacial score (nSPS) is 25.0. The molecule has 0 bridgehead atoms. The van der Waals surface area contributed by atoms with Gasteiger partial charge in [0.15, 0.2) is 0 Å². The summed E-state index contributed by atoms with van der Waals surface area (Å²) in [6.07, 6.45) is 2.82. The highest BCUT2D eigenvalue weighted by molar-refractivity contribution is 4.79. The second-order valence-electron chi connectivity index (χ2n) is 4.59.